The molecule has 1 atom stereocenters. The van der Waals surface area contributed by atoms with Crippen molar-refractivity contribution in [1.29, 1.82) is 0 Å². The first-order valence-corrected chi connectivity index (χ1v) is 5.35. The zero-order valence-corrected chi connectivity index (χ0v) is 9.23. The van der Waals surface area contributed by atoms with Crippen LogP contribution in [-0.2, 0) is 6.42 Å². The third kappa shape index (κ3) is 4.48. The van der Waals surface area contributed by atoms with E-state index < -0.39 is 0 Å². The average molecular weight is 222 g/mol. The van der Waals surface area contributed by atoms with E-state index in [4.69, 9.17) is 11.5 Å². The van der Waals surface area contributed by atoms with Gasteiger partial charge in [0.15, 0.2) is 0 Å². The topological polar surface area (TPSA) is 93.5 Å². The number of rotatable bonds is 7. The lowest BCUT2D eigenvalue weighted by atomic mass is 10.1. The van der Waals surface area contributed by atoms with Crippen molar-refractivity contribution in [3.05, 3.63) is 34.7 Å². The first-order chi connectivity index (χ1) is 7.76. The standard InChI is InChI=1S/C11H18N4O/c12-5-6-14-8-10(13)7-9-1-3-11(15-16)4-2-9/h1-4,10,14H,5-8,12-13H2. The molecule has 5 nitrogen and oxygen atoms in total. The van der Waals surface area contributed by atoms with Gasteiger partial charge in [0.1, 0.15) is 5.69 Å². The number of nitrogens with zero attached hydrogens (tertiary/aromatic N) is 1. The maximum atomic E-state index is 10.2. The van der Waals surface area contributed by atoms with Crippen molar-refractivity contribution in [3.63, 3.8) is 0 Å². The zero-order valence-electron chi connectivity index (χ0n) is 9.23. The summed E-state index contributed by atoms with van der Waals surface area (Å²) in [5, 5.41) is 6.00. The molecule has 5 N–H and O–H groups in total. The van der Waals surface area contributed by atoms with Gasteiger partial charge in [0, 0.05) is 25.7 Å². The lowest BCUT2D eigenvalue weighted by molar-refractivity contribution is 0.578. The van der Waals surface area contributed by atoms with Crippen molar-refractivity contribution in [1.82, 2.24) is 5.32 Å². The van der Waals surface area contributed by atoms with Crippen molar-refractivity contribution in [2.24, 2.45) is 16.6 Å². The summed E-state index contributed by atoms with van der Waals surface area (Å²) in [7, 11) is 0. The lowest BCUT2D eigenvalue weighted by Gasteiger charge is -2.12. The summed E-state index contributed by atoms with van der Waals surface area (Å²) in [5.74, 6) is 0. The Hall–Kier alpha value is -1.30. The van der Waals surface area contributed by atoms with Crippen molar-refractivity contribution in [3.8, 4) is 0 Å². The van der Waals surface area contributed by atoms with Gasteiger partial charge in [0.25, 0.3) is 0 Å². The van der Waals surface area contributed by atoms with Crippen molar-refractivity contribution in [2.45, 2.75) is 12.5 Å². The summed E-state index contributed by atoms with van der Waals surface area (Å²) in [6.07, 6.45) is 0.775. The molecule has 0 amide bonds. The normalized spacial score (nSPS) is 12.4. The van der Waals surface area contributed by atoms with Gasteiger partial charge in [-0.2, -0.15) is 0 Å². The Kier molecular flexibility index (Phi) is 5.63. The van der Waals surface area contributed by atoms with E-state index in [1.54, 1.807) is 12.1 Å². The quantitative estimate of drug-likeness (QED) is 0.462. The number of nitrogens with one attached hydrogen (secondary N) is 1. The fourth-order valence-corrected chi connectivity index (χ4v) is 1.46. The van der Waals surface area contributed by atoms with Crippen LogP contribution >= 0.6 is 0 Å². The SMILES string of the molecule is NCCNCC(N)Cc1ccc(N=O)cc1. The van der Waals surface area contributed by atoms with Gasteiger partial charge in [-0.15, -0.1) is 4.91 Å². The first kappa shape index (κ1) is 12.8. The van der Waals surface area contributed by atoms with Crippen LogP contribution in [0.4, 0.5) is 5.69 Å². The largest absolute Gasteiger partial charge is 0.329 e. The molecule has 1 aromatic carbocycles. The van der Waals surface area contributed by atoms with Crippen molar-refractivity contribution in [2.75, 3.05) is 19.6 Å². The Morgan fingerprint density at radius 3 is 2.56 bits per heavy atom. The number of hydrogen-bond acceptors (Lipinski definition) is 5. The molecule has 0 heterocycles. The summed E-state index contributed by atoms with van der Waals surface area (Å²) >= 11 is 0. The molecule has 0 radical (unpaired) electrons. The van der Waals surface area contributed by atoms with E-state index in [2.05, 4.69) is 10.5 Å². The third-order valence-electron chi connectivity index (χ3n) is 2.27. The molecule has 0 aliphatic carbocycles. The highest BCUT2D eigenvalue weighted by Crippen LogP contribution is 2.12. The highest BCUT2D eigenvalue weighted by molar-refractivity contribution is 5.38. The Morgan fingerprint density at radius 2 is 2.00 bits per heavy atom. The van der Waals surface area contributed by atoms with Gasteiger partial charge < -0.3 is 16.8 Å². The molecule has 1 unspecified atom stereocenters. The number of nitroso groups, excluding NO2 is 1. The van der Waals surface area contributed by atoms with Crippen LogP contribution in [0.3, 0.4) is 0 Å². The molecule has 5 heteroatoms. The van der Waals surface area contributed by atoms with Gasteiger partial charge in [0.2, 0.25) is 0 Å². The maximum Gasteiger partial charge on any atom is 0.108 e. The molecule has 0 fully saturated rings. The Labute approximate surface area is 95.2 Å². The molecule has 88 valence electrons. The zero-order chi connectivity index (χ0) is 11.8. The minimum absolute atomic E-state index is 0.0570. The van der Waals surface area contributed by atoms with E-state index in [1.165, 1.54) is 0 Å². The molecular weight excluding hydrogens is 204 g/mol. The summed E-state index contributed by atoms with van der Waals surface area (Å²) in [5.41, 5.74) is 12.8. The second-order valence-corrected chi connectivity index (χ2v) is 3.71. The maximum absolute atomic E-state index is 10.2. The van der Waals surface area contributed by atoms with E-state index >= 15 is 0 Å². The van der Waals surface area contributed by atoms with Gasteiger partial charge in [0.05, 0.1) is 0 Å². The monoisotopic (exact) mass is 222 g/mol. The van der Waals surface area contributed by atoms with Gasteiger partial charge in [-0.05, 0) is 29.3 Å². The molecule has 16 heavy (non-hydrogen) atoms. The van der Waals surface area contributed by atoms with Gasteiger partial charge in [-0.1, -0.05) is 12.1 Å². The summed E-state index contributed by atoms with van der Waals surface area (Å²) in [4.78, 5) is 10.2. The first-order valence-electron chi connectivity index (χ1n) is 5.35. The smallest absolute Gasteiger partial charge is 0.108 e. The number of nitrogens with two attached hydrogens (primary N) is 2. The van der Waals surface area contributed by atoms with Crippen LogP contribution in [0.25, 0.3) is 0 Å². The average Bonchev–Trinajstić information content (AvgIpc) is 2.30. The Balaban J connectivity index is 2.37. The number of benzene rings is 1. The molecule has 0 saturated heterocycles. The van der Waals surface area contributed by atoms with Crippen LogP contribution in [0.5, 0.6) is 0 Å². The van der Waals surface area contributed by atoms with Crippen LogP contribution in [0, 0.1) is 4.91 Å². The van der Waals surface area contributed by atoms with Crippen LogP contribution in [0.1, 0.15) is 5.56 Å². The van der Waals surface area contributed by atoms with Crippen LogP contribution < -0.4 is 16.8 Å². The van der Waals surface area contributed by atoms with Gasteiger partial charge in [-0.25, -0.2) is 0 Å². The van der Waals surface area contributed by atoms with Crippen molar-refractivity contribution >= 4 is 5.69 Å². The molecule has 0 aromatic heterocycles. The predicted octanol–water partition coefficient (Wildman–Crippen LogP) is 0.503. The second-order valence-electron chi connectivity index (χ2n) is 3.71. The van der Waals surface area contributed by atoms with E-state index in [-0.39, 0.29) is 6.04 Å². The molecule has 0 aliphatic rings. The van der Waals surface area contributed by atoms with E-state index in [9.17, 15) is 4.91 Å². The van der Waals surface area contributed by atoms with E-state index in [1.807, 2.05) is 12.1 Å². The van der Waals surface area contributed by atoms with Crippen molar-refractivity contribution < 1.29 is 0 Å². The fourth-order valence-electron chi connectivity index (χ4n) is 1.46. The minimum Gasteiger partial charge on any atom is -0.329 e. The molecule has 0 aliphatic heterocycles. The second kappa shape index (κ2) is 7.05. The molecule has 0 spiro atoms. The van der Waals surface area contributed by atoms with E-state index in [0.717, 1.165) is 25.1 Å². The van der Waals surface area contributed by atoms with Gasteiger partial charge >= 0.3 is 0 Å². The molecule has 1 aromatic rings. The van der Waals surface area contributed by atoms with Crippen LogP contribution in [-0.4, -0.2) is 25.7 Å². The highest BCUT2D eigenvalue weighted by Gasteiger charge is 2.03. The van der Waals surface area contributed by atoms with Gasteiger partial charge in [-0.3, -0.25) is 0 Å². The molecular formula is C11H18N4O. The van der Waals surface area contributed by atoms with Crippen LogP contribution in [0.15, 0.2) is 29.4 Å². The molecule has 0 bridgehead atoms. The lowest BCUT2D eigenvalue weighted by Crippen LogP contribution is -2.37. The summed E-state index contributed by atoms with van der Waals surface area (Å²) < 4.78 is 0. The molecule has 0 saturated carbocycles. The number of hydrogen-bond donors (Lipinski definition) is 3. The minimum atomic E-state index is 0.0570. The fraction of sp³-hybridized carbons (Fsp3) is 0.455. The summed E-state index contributed by atoms with van der Waals surface area (Å²) in [6, 6.07) is 7.20. The Bertz CT molecular complexity index is 312. The summed E-state index contributed by atoms with van der Waals surface area (Å²) in [6.45, 7) is 2.14. The Morgan fingerprint density at radius 1 is 1.31 bits per heavy atom. The predicted molar refractivity (Wildman–Crippen MR) is 65.5 cm³/mol. The van der Waals surface area contributed by atoms with E-state index in [0.29, 0.717) is 12.2 Å². The van der Waals surface area contributed by atoms with Crippen LogP contribution in [0.2, 0.25) is 0 Å². The molecule has 1 rings (SSSR count). The highest BCUT2D eigenvalue weighted by atomic mass is 16.3. The third-order valence-corrected chi connectivity index (χ3v) is 2.27.